The molecule has 1 aromatic carbocycles. The molecule has 1 aromatic heterocycles. The van der Waals surface area contributed by atoms with Crippen LogP contribution in [0.4, 0.5) is 17.3 Å². The third-order valence-corrected chi connectivity index (χ3v) is 3.21. The van der Waals surface area contributed by atoms with Crippen LogP contribution in [0.25, 0.3) is 0 Å². The number of aromatic nitrogens is 2. The summed E-state index contributed by atoms with van der Waals surface area (Å²) < 4.78 is 0. The van der Waals surface area contributed by atoms with Crippen molar-refractivity contribution in [3.05, 3.63) is 41.7 Å². The molecule has 0 aliphatic rings. The van der Waals surface area contributed by atoms with Crippen molar-refractivity contribution < 1.29 is 0 Å². The Morgan fingerprint density at radius 3 is 2.50 bits per heavy atom. The molecule has 0 saturated carbocycles. The Bertz CT molecular complexity index is 643. The average molecular weight is 295 g/mol. The van der Waals surface area contributed by atoms with E-state index in [2.05, 4.69) is 33.6 Å². The number of rotatable bonds is 7. The number of nitriles is 1. The molecule has 5 nitrogen and oxygen atoms in total. The zero-order valence-corrected chi connectivity index (χ0v) is 13.1. The molecular weight excluding hydrogens is 274 g/mol. The maximum Gasteiger partial charge on any atom is 0.136 e. The second-order valence-corrected chi connectivity index (χ2v) is 5.13. The van der Waals surface area contributed by atoms with Crippen LogP contribution in [0.2, 0.25) is 0 Å². The fraction of sp³-hybridized carbons (Fsp3) is 0.353. The first-order chi connectivity index (χ1) is 10.7. The Hall–Kier alpha value is -2.61. The highest BCUT2D eigenvalue weighted by Gasteiger charge is 2.02. The van der Waals surface area contributed by atoms with E-state index in [9.17, 15) is 0 Å². The van der Waals surface area contributed by atoms with Gasteiger partial charge in [-0.3, -0.25) is 0 Å². The molecule has 0 amide bonds. The van der Waals surface area contributed by atoms with Crippen LogP contribution >= 0.6 is 0 Å². The summed E-state index contributed by atoms with van der Waals surface area (Å²) in [7, 11) is 0. The molecule has 1 heterocycles. The van der Waals surface area contributed by atoms with Gasteiger partial charge in [-0.25, -0.2) is 9.97 Å². The Balaban J connectivity index is 2.03. The van der Waals surface area contributed by atoms with Crippen LogP contribution < -0.4 is 10.6 Å². The van der Waals surface area contributed by atoms with Crippen molar-refractivity contribution in [3.8, 4) is 6.07 Å². The molecule has 5 heteroatoms. The number of hydrogen-bond donors (Lipinski definition) is 2. The topological polar surface area (TPSA) is 73.6 Å². The van der Waals surface area contributed by atoms with Crippen molar-refractivity contribution in [2.75, 3.05) is 17.2 Å². The van der Waals surface area contributed by atoms with Gasteiger partial charge >= 0.3 is 0 Å². The van der Waals surface area contributed by atoms with E-state index in [1.54, 1.807) is 12.1 Å². The summed E-state index contributed by atoms with van der Waals surface area (Å²) in [5.74, 6) is 2.30. The minimum atomic E-state index is 0.641. The van der Waals surface area contributed by atoms with Crippen LogP contribution in [0.3, 0.4) is 0 Å². The van der Waals surface area contributed by atoms with Crippen molar-refractivity contribution in [1.29, 1.82) is 5.26 Å². The van der Waals surface area contributed by atoms with Gasteiger partial charge in [-0.05, 0) is 37.6 Å². The molecule has 2 aromatic rings. The molecule has 2 N–H and O–H groups in total. The maximum absolute atomic E-state index is 8.81. The predicted molar refractivity (Wildman–Crippen MR) is 89.2 cm³/mol. The summed E-state index contributed by atoms with van der Waals surface area (Å²) in [6.07, 6.45) is 3.56. The Morgan fingerprint density at radius 2 is 1.82 bits per heavy atom. The molecule has 0 bridgehead atoms. The Morgan fingerprint density at radius 1 is 1.09 bits per heavy atom. The highest BCUT2D eigenvalue weighted by molar-refractivity contribution is 5.60. The molecule has 0 aliphatic carbocycles. The average Bonchev–Trinajstić information content (AvgIpc) is 2.52. The second-order valence-electron chi connectivity index (χ2n) is 5.13. The molecule has 0 radical (unpaired) electrons. The van der Waals surface area contributed by atoms with Gasteiger partial charge in [0.1, 0.15) is 17.5 Å². The van der Waals surface area contributed by atoms with Gasteiger partial charge in [-0.1, -0.05) is 19.8 Å². The minimum absolute atomic E-state index is 0.641. The largest absolute Gasteiger partial charge is 0.370 e. The standard InChI is InChI=1S/C17H21N5/c1-3-4-5-10-19-16-11-17(21-13(2)20-16)22-15-8-6-14(12-18)7-9-15/h6-9,11H,3-5,10H2,1-2H3,(H2,19,20,21,22). The Labute approximate surface area is 131 Å². The number of unbranched alkanes of at least 4 members (excludes halogenated alkanes) is 2. The van der Waals surface area contributed by atoms with Gasteiger partial charge < -0.3 is 10.6 Å². The number of nitrogens with one attached hydrogen (secondary N) is 2. The van der Waals surface area contributed by atoms with Crippen molar-refractivity contribution in [3.63, 3.8) is 0 Å². The smallest absolute Gasteiger partial charge is 0.136 e. The third-order valence-electron chi connectivity index (χ3n) is 3.21. The van der Waals surface area contributed by atoms with Crippen LogP contribution in [0, 0.1) is 18.3 Å². The molecule has 0 aliphatic heterocycles. The number of hydrogen-bond acceptors (Lipinski definition) is 5. The monoisotopic (exact) mass is 295 g/mol. The molecule has 0 unspecified atom stereocenters. The van der Waals surface area contributed by atoms with Crippen LogP contribution in [0.15, 0.2) is 30.3 Å². The first kappa shape index (κ1) is 15.8. The van der Waals surface area contributed by atoms with Gasteiger partial charge in [-0.15, -0.1) is 0 Å². The van der Waals surface area contributed by atoms with Crippen LogP contribution in [0.1, 0.15) is 37.6 Å². The van der Waals surface area contributed by atoms with Gasteiger partial charge in [0, 0.05) is 18.3 Å². The molecule has 114 valence electrons. The van der Waals surface area contributed by atoms with Crippen molar-refractivity contribution in [2.45, 2.75) is 33.1 Å². The fourth-order valence-electron chi connectivity index (χ4n) is 2.09. The van der Waals surface area contributed by atoms with Crippen molar-refractivity contribution in [1.82, 2.24) is 9.97 Å². The number of benzene rings is 1. The third kappa shape index (κ3) is 4.74. The first-order valence-corrected chi connectivity index (χ1v) is 7.58. The van der Waals surface area contributed by atoms with Gasteiger partial charge in [0.2, 0.25) is 0 Å². The summed E-state index contributed by atoms with van der Waals surface area (Å²) in [6, 6.07) is 11.3. The molecular formula is C17H21N5. The Kier molecular flexibility index (Phi) is 5.73. The van der Waals surface area contributed by atoms with Crippen LogP contribution in [0.5, 0.6) is 0 Å². The SMILES string of the molecule is CCCCCNc1cc(Nc2ccc(C#N)cc2)nc(C)n1. The van der Waals surface area contributed by atoms with E-state index in [-0.39, 0.29) is 0 Å². The van der Waals surface area contributed by atoms with E-state index in [1.807, 2.05) is 25.1 Å². The van der Waals surface area contributed by atoms with E-state index in [4.69, 9.17) is 5.26 Å². The van der Waals surface area contributed by atoms with Crippen LogP contribution in [-0.4, -0.2) is 16.5 Å². The van der Waals surface area contributed by atoms with Gasteiger partial charge in [0.05, 0.1) is 11.6 Å². The lowest BCUT2D eigenvalue weighted by molar-refractivity contribution is 0.742. The lowest BCUT2D eigenvalue weighted by Gasteiger charge is -2.10. The van der Waals surface area contributed by atoms with E-state index >= 15 is 0 Å². The predicted octanol–water partition coefficient (Wildman–Crippen LogP) is 4.00. The molecule has 2 rings (SSSR count). The van der Waals surface area contributed by atoms with Crippen molar-refractivity contribution in [2.24, 2.45) is 0 Å². The van der Waals surface area contributed by atoms with Gasteiger partial charge in [0.15, 0.2) is 0 Å². The normalized spacial score (nSPS) is 10.0. The van der Waals surface area contributed by atoms with E-state index in [0.717, 1.165) is 36.1 Å². The van der Waals surface area contributed by atoms with Crippen LogP contribution in [-0.2, 0) is 0 Å². The summed E-state index contributed by atoms with van der Waals surface area (Å²) >= 11 is 0. The number of aryl methyl sites for hydroxylation is 1. The molecule has 0 fully saturated rings. The first-order valence-electron chi connectivity index (χ1n) is 7.58. The highest BCUT2D eigenvalue weighted by Crippen LogP contribution is 2.18. The zero-order chi connectivity index (χ0) is 15.8. The summed E-state index contributed by atoms with van der Waals surface area (Å²) in [6.45, 7) is 4.98. The molecule has 22 heavy (non-hydrogen) atoms. The van der Waals surface area contributed by atoms with Crippen molar-refractivity contribution >= 4 is 17.3 Å². The number of nitrogens with zero attached hydrogens (tertiary/aromatic N) is 3. The summed E-state index contributed by atoms with van der Waals surface area (Å²) in [4.78, 5) is 8.78. The van der Waals surface area contributed by atoms with E-state index in [1.165, 1.54) is 12.8 Å². The molecule has 0 spiro atoms. The second kappa shape index (κ2) is 7.99. The molecule has 0 atom stereocenters. The maximum atomic E-state index is 8.81. The lowest BCUT2D eigenvalue weighted by Crippen LogP contribution is -2.06. The van der Waals surface area contributed by atoms with Gasteiger partial charge in [0.25, 0.3) is 0 Å². The van der Waals surface area contributed by atoms with E-state index in [0.29, 0.717) is 5.56 Å². The summed E-state index contributed by atoms with van der Waals surface area (Å²) in [5.41, 5.74) is 1.54. The fourth-order valence-corrected chi connectivity index (χ4v) is 2.09. The van der Waals surface area contributed by atoms with E-state index < -0.39 is 0 Å². The number of anilines is 3. The minimum Gasteiger partial charge on any atom is -0.370 e. The lowest BCUT2D eigenvalue weighted by atomic mass is 10.2. The highest BCUT2D eigenvalue weighted by atomic mass is 15.1. The molecule has 0 saturated heterocycles. The quantitative estimate of drug-likeness (QED) is 0.755. The zero-order valence-electron chi connectivity index (χ0n) is 13.1. The summed E-state index contributed by atoms with van der Waals surface area (Å²) in [5, 5.41) is 15.4. The van der Waals surface area contributed by atoms with Gasteiger partial charge in [-0.2, -0.15) is 5.26 Å².